The number of piperidine rings is 1. The highest BCUT2D eigenvalue weighted by molar-refractivity contribution is 7.88. The van der Waals surface area contributed by atoms with E-state index in [4.69, 9.17) is 4.74 Å². The van der Waals surface area contributed by atoms with Gasteiger partial charge in [0.25, 0.3) is 0 Å². The summed E-state index contributed by atoms with van der Waals surface area (Å²) >= 11 is 0. The van der Waals surface area contributed by atoms with Crippen molar-refractivity contribution in [3.05, 3.63) is 11.9 Å². The number of amides is 3. The third-order valence-electron chi connectivity index (χ3n) is 5.80. The standard InChI is InChI=1S/C20H33N7O5S/c1-19(2,3)32-18(29)25-33(30,31)23-9-6-20(4)7-10-27(11-8-20)16-14-12-26(5)17(28)24-15(14)21-13-22-16/h13,23H,6-12H2,1-5H3,(H,25,29)(H,21,22,24,28). The largest absolute Gasteiger partial charge is 0.443 e. The number of ether oxygens (including phenoxy) is 1. The number of carbonyl (C=O) groups excluding carboxylic acids is 2. The van der Waals surface area contributed by atoms with E-state index in [2.05, 4.69) is 31.8 Å². The van der Waals surface area contributed by atoms with Crippen LogP contribution >= 0.6 is 0 Å². The maximum absolute atomic E-state index is 12.1. The van der Waals surface area contributed by atoms with Gasteiger partial charge in [-0.15, -0.1) is 0 Å². The fourth-order valence-corrected chi connectivity index (χ4v) is 4.58. The highest BCUT2D eigenvalue weighted by atomic mass is 32.2. The van der Waals surface area contributed by atoms with Crippen LogP contribution in [0.2, 0.25) is 0 Å². The van der Waals surface area contributed by atoms with Crippen molar-refractivity contribution in [1.82, 2.24) is 24.3 Å². The van der Waals surface area contributed by atoms with Gasteiger partial charge >= 0.3 is 22.3 Å². The normalized spacial score (nSPS) is 18.4. The van der Waals surface area contributed by atoms with Crippen LogP contribution in [-0.4, -0.2) is 67.7 Å². The van der Waals surface area contributed by atoms with Gasteiger partial charge in [0.15, 0.2) is 0 Å². The Morgan fingerprint density at radius 3 is 2.58 bits per heavy atom. The van der Waals surface area contributed by atoms with Crippen LogP contribution in [0.1, 0.15) is 52.5 Å². The monoisotopic (exact) mass is 483 g/mol. The van der Waals surface area contributed by atoms with E-state index in [1.807, 2.05) is 4.72 Å². The number of urea groups is 1. The Kier molecular flexibility index (Phi) is 7.03. The molecule has 2 aliphatic heterocycles. The lowest BCUT2D eigenvalue weighted by atomic mass is 9.77. The Morgan fingerprint density at radius 2 is 1.94 bits per heavy atom. The van der Waals surface area contributed by atoms with E-state index in [0.717, 1.165) is 37.3 Å². The summed E-state index contributed by atoms with van der Waals surface area (Å²) in [6.07, 6.45) is 2.76. The number of hydrogen-bond acceptors (Lipinski definition) is 8. The van der Waals surface area contributed by atoms with Crippen LogP contribution in [0.25, 0.3) is 0 Å². The topological polar surface area (TPSA) is 146 Å². The number of anilines is 2. The molecule has 1 saturated heterocycles. The fraction of sp³-hybridized carbons (Fsp3) is 0.700. The van der Waals surface area contributed by atoms with Crippen LogP contribution in [-0.2, 0) is 21.5 Å². The van der Waals surface area contributed by atoms with Gasteiger partial charge in [0.05, 0.1) is 12.1 Å². The average Bonchev–Trinajstić information content (AvgIpc) is 2.67. The number of carbonyl (C=O) groups is 2. The molecule has 0 aliphatic carbocycles. The first-order valence-electron chi connectivity index (χ1n) is 10.9. The SMILES string of the molecule is CN1Cc2c(ncnc2N2CCC(C)(CCNS(=O)(=O)NC(=O)OC(C)(C)C)CC2)NC1=O. The Labute approximate surface area is 194 Å². The highest BCUT2D eigenvalue weighted by Gasteiger charge is 2.33. The highest BCUT2D eigenvalue weighted by Crippen LogP contribution is 2.37. The minimum atomic E-state index is -4.00. The molecule has 13 heteroatoms. The molecule has 1 aromatic rings. The lowest BCUT2D eigenvalue weighted by Crippen LogP contribution is -2.45. The van der Waals surface area contributed by atoms with Gasteiger partial charge in [-0.3, -0.25) is 5.32 Å². The van der Waals surface area contributed by atoms with E-state index in [-0.39, 0.29) is 18.0 Å². The number of rotatable bonds is 6. The van der Waals surface area contributed by atoms with E-state index in [1.165, 1.54) is 6.33 Å². The van der Waals surface area contributed by atoms with Crippen molar-refractivity contribution in [1.29, 1.82) is 0 Å². The van der Waals surface area contributed by atoms with Crippen LogP contribution in [0.3, 0.4) is 0 Å². The summed E-state index contributed by atoms with van der Waals surface area (Å²) in [5, 5.41) is 2.78. The first-order chi connectivity index (χ1) is 15.3. The van der Waals surface area contributed by atoms with E-state index in [1.54, 1.807) is 32.7 Å². The van der Waals surface area contributed by atoms with Crippen molar-refractivity contribution < 1.29 is 22.7 Å². The van der Waals surface area contributed by atoms with E-state index in [9.17, 15) is 18.0 Å². The van der Waals surface area contributed by atoms with Gasteiger partial charge in [0.1, 0.15) is 23.6 Å². The van der Waals surface area contributed by atoms with E-state index < -0.39 is 21.9 Å². The smallest absolute Gasteiger partial charge is 0.422 e. The summed E-state index contributed by atoms with van der Waals surface area (Å²) < 4.78 is 33.5. The maximum Gasteiger partial charge on any atom is 0.422 e. The minimum absolute atomic E-state index is 0.0664. The van der Waals surface area contributed by atoms with Crippen molar-refractivity contribution in [3.8, 4) is 0 Å². The third kappa shape index (κ3) is 6.67. The summed E-state index contributed by atoms with van der Waals surface area (Å²) in [4.78, 5) is 36.0. The Hall–Kier alpha value is -2.67. The van der Waals surface area contributed by atoms with Crippen LogP contribution in [0.4, 0.5) is 21.2 Å². The van der Waals surface area contributed by atoms with Gasteiger partial charge in [-0.2, -0.15) is 13.1 Å². The molecule has 0 bridgehead atoms. The molecule has 3 N–H and O–H groups in total. The fourth-order valence-electron chi connectivity index (χ4n) is 3.87. The lowest BCUT2D eigenvalue weighted by Gasteiger charge is -2.41. The van der Waals surface area contributed by atoms with Gasteiger partial charge in [-0.1, -0.05) is 6.92 Å². The summed E-state index contributed by atoms with van der Waals surface area (Å²) in [7, 11) is -2.27. The second-order valence-electron chi connectivity index (χ2n) is 9.86. The molecule has 3 amide bonds. The molecule has 0 radical (unpaired) electrons. The zero-order valence-electron chi connectivity index (χ0n) is 19.8. The van der Waals surface area contributed by atoms with Crippen LogP contribution in [0.5, 0.6) is 0 Å². The Balaban J connectivity index is 1.52. The second-order valence-corrected chi connectivity index (χ2v) is 11.4. The number of nitrogens with one attached hydrogen (secondary N) is 3. The Morgan fingerprint density at radius 1 is 1.27 bits per heavy atom. The first-order valence-corrected chi connectivity index (χ1v) is 12.4. The van der Waals surface area contributed by atoms with Gasteiger partial charge in [0, 0.05) is 26.7 Å². The third-order valence-corrected chi connectivity index (χ3v) is 6.82. The summed E-state index contributed by atoms with van der Waals surface area (Å²) in [5.41, 5.74) is 0.0396. The predicted molar refractivity (Wildman–Crippen MR) is 123 cm³/mol. The van der Waals surface area contributed by atoms with Crippen molar-refractivity contribution in [2.75, 3.05) is 36.9 Å². The van der Waals surface area contributed by atoms with Crippen molar-refractivity contribution >= 4 is 34.0 Å². The van der Waals surface area contributed by atoms with Crippen LogP contribution in [0, 0.1) is 5.41 Å². The van der Waals surface area contributed by atoms with Gasteiger partial charge < -0.3 is 14.5 Å². The van der Waals surface area contributed by atoms with Gasteiger partial charge in [-0.05, 0) is 45.4 Å². The molecule has 3 rings (SSSR count). The van der Waals surface area contributed by atoms with E-state index in [0.29, 0.717) is 18.8 Å². The Bertz CT molecular complexity index is 1000. The number of nitrogens with zero attached hydrogens (tertiary/aromatic N) is 4. The van der Waals surface area contributed by atoms with Crippen LogP contribution < -0.4 is 19.7 Å². The molecular formula is C20H33N7O5S. The summed E-state index contributed by atoms with van der Waals surface area (Å²) in [6, 6.07) is -0.193. The number of fused-ring (bicyclic) bond motifs is 1. The molecular weight excluding hydrogens is 450 g/mol. The predicted octanol–water partition coefficient (Wildman–Crippen LogP) is 1.81. The molecule has 0 spiro atoms. The average molecular weight is 484 g/mol. The minimum Gasteiger partial charge on any atom is -0.443 e. The molecule has 3 heterocycles. The molecule has 0 saturated carbocycles. The molecule has 0 unspecified atom stereocenters. The van der Waals surface area contributed by atoms with Crippen molar-refractivity contribution in [3.63, 3.8) is 0 Å². The zero-order valence-corrected chi connectivity index (χ0v) is 20.6. The number of hydrogen-bond donors (Lipinski definition) is 3. The molecule has 2 aliphatic rings. The van der Waals surface area contributed by atoms with Crippen LogP contribution in [0.15, 0.2) is 6.33 Å². The molecule has 12 nitrogen and oxygen atoms in total. The molecule has 0 aromatic carbocycles. The summed E-state index contributed by atoms with van der Waals surface area (Å²) in [5.74, 6) is 1.36. The molecule has 184 valence electrons. The van der Waals surface area contributed by atoms with Crippen molar-refractivity contribution in [2.24, 2.45) is 5.41 Å². The summed E-state index contributed by atoms with van der Waals surface area (Å²) in [6.45, 7) is 9.25. The molecule has 0 atom stereocenters. The second kappa shape index (κ2) is 9.29. The number of aromatic nitrogens is 2. The molecule has 1 aromatic heterocycles. The van der Waals surface area contributed by atoms with Crippen molar-refractivity contribution in [2.45, 2.75) is 59.1 Å². The first kappa shape index (κ1) is 25.0. The molecule has 1 fully saturated rings. The quantitative estimate of drug-likeness (QED) is 0.555. The van der Waals surface area contributed by atoms with Gasteiger partial charge in [0.2, 0.25) is 0 Å². The van der Waals surface area contributed by atoms with E-state index >= 15 is 0 Å². The zero-order chi connectivity index (χ0) is 24.4. The molecule has 33 heavy (non-hydrogen) atoms. The lowest BCUT2D eigenvalue weighted by molar-refractivity contribution is 0.0569. The van der Waals surface area contributed by atoms with Gasteiger partial charge in [-0.25, -0.2) is 24.3 Å². The maximum atomic E-state index is 12.1.